The highest BCUT2D eigenvalue weighted by Gasteiger charge is 2.35. The third-order valence-electron chi connectivity index (χ3n) is 1.61. The molecule has 0 aliphatic heterocycles. The highest BCUT2D eigenvalue weighted by molar-refractivity contribution is 5.10. The van der Waals surface area contributed by atoms with E-state index in [0.29, 0.717) is 6.42 Å². The maximum absolute atomic E-state index is 9.21. The summed E-state index contributed by atoms with van der Waals surface area (Å²) in [4.78, 5) is 0. The summed E-state index contributed by atoms with van der Waals surface area (Å²) in [6.07, 6.45) is 2.57. The van der Waals surface area contributed by atoms with Crippen molar-refractivity contribution in [3.8, 4) is 0 Å². The van der Waals surface area contributed by atoms with Crippen LogP contribution in [0.25, 0.3) is 0 Å². The molecule has 0 aromatic carbocycles. The van der Waals surface area contributed by atoms with E-state index in [-0.39, 0.29) is 6.61 Å². The van der Waals surface area contributed by atoms with Crippen molar-refractivity contribution >= 4 is 0 Å². The van der Waals surface area contributed by atoms with Gasteiger partial charge in [0.15, 0.2) is 0 Å². The molecule has 0 aromatic rings. The SMILES string of the molecule is OCC1(O)CC=CC1O. The standard InChI is InChI=1S/C6H10O3/c7-4-6(9)3-1-2-5(6)8/h1-2,5,7-9H,3-4H2. The molecule has 0 radical (unpaired) electrons. The van der Waals surface area contributed by atoms with E-state index in [2.05, 4.69) is 0 Å². The summed E-state index contributed by atoms with van der Waals surface area (Å²) in [6.45, 7) is -0.388. The van der Waals surface area contributed by atoms with Gasteiger partial charge in [-0.25, -0.2) is 0 Å². The highest BCUT2D eigenvalue weighted by atomic mass is 16.4. The Bertz CT molecular complexity index is 132. The fraction of sp³-hybridized carbons (Fsp3) is 0.667. The van der Waals surface area contributed by atoms with Gasteiger partial charge in [0.1, 0.15) is 11.7 Å². The van der Waals surface area contributed by atoms with Crippen molar-refractivity contribution in [1.82, 2.24) is 0 Å². The van der Waals surface area contributed by atoms with Gasteiger partial charge in [-0.2, -0.15) is 0 Å². The molecule has 3 N–H and O–H groups in total. The minimum atomic E-state index is -1.31. The van der Waals surface area contributed by atoms with E-state index in [1.54, 1.807) is 6.08 Å². The molecule has 0 bridgehead atoms. The van der Waals surface area contributed by atoms with Crippen LogP contribution in [0.3, 0.4) is 0 Å². The Balaban J connectivity index is 2.62. The Labute approximate surface area is 53.3 Å². The molecule has 0 spiro atoms. The first-order chi connectivity index (χ1) is 4.19. The van der Waals surface area contributed by atoms with Crippen molar-refractivity contribution in [2.45, 2.75) is 18.1 Å². The van der Waals surface area contributed by atoms with E-state index >= 15 is 0 Å². The van der Waals surface area contributed by atoms with Crippen LogP contribution in [0, 0.1) is 0 Å². The first-order valence-corrected chi connectivity index (χ1v) is 2.87. The van der Waals surface area contributed by atoms with Gasteiger partial charge in [-0.3, -0.25) is 0 Å². The molecule has 0 fully saturated rings. The van der Waals surface area contributed by atoms with Crippen LogP contribution < -0.4 is 0 Å². The van der Waals surface area contributed by atoms with E-state index < -0.39 is 11.7 Å². The summed E-state index contributed by atoms with van der Waals surface area (Å²) >= 11 is 0. The molecular weight excluding hydrogens is 120 g/mol. The second-order valence-corrected chi connectivity index (χ2v) is 2.34. The molecule has 1 aliphatic carbocycles. The molecule has 2 atom stereocenters. The molecule has 1 rings (SSSR count). The van der Waals surface area contributed by atoms with Gasteiger partial charge in [0.05, 0.1) is 6.61 Å². The maximum atomic E-state index is 9.21. The molecule has 52 valence electrons. The first-order valence-electron chi connectivity index (χ1n) is 2.87. The summed E-state index contributed by atoms with van der Waals surface area (Å²) in [6, 6.07) is 0. The number of rotatable bonds is 1. The smallest absolute Gasteiger partial charge is 0.120 e. The fourth-order valence-corrected chi connectivity index (χ4v) is 0.859. The summed E-state index contributed by atoms with van der Waals surface area (Å²) in [5.74, 6) is 0. The van der Waals surface area contributed by atoms with Crippen LogP contribution in [0.5, 0.6) is 0 Å². The van der Waals surface area contributed by atoms with E-state index in [0.717, 1.165) is 0 Å². The zero-order valence-electron chi connectivity index (χ0n) is 4.99. The number of hydrogen-bond donors (Lipinski definition) is 3. The second-order valence-electron chi connectivity index (χ2n) is 2.34. The number of hydrogen-bond acceptors (Lipinski definition) is 3. The van der Waals surface area contributed by atoms with Crippen molar-refractivity contribution in [3.63, 3.8) is 0 Å². The zero-order valence-corrected chi connectivity index (χ0v) is 4.99. The molecule has 0 saturated carbocycles. The van der Waals surface area contributed by atoms with Crippen LogP contribution in [0.2, 0.25) is 0 Å². The third-order valence-corrected chi connectivity index (χ3v) is 1.61. The normalized spacial score (nSPS) is 41.9. The topological polar surface area (TPSA) is 60.7 Å². The van der Waals surface area contributed by atoms with Gasteiger partial charge in [-0.1, -0.05) is 12.2 Å². The lowest BCUT2D eigenvalue weighted by Gasteiger charge is -2.22. The third kappa shape index (κ3) is 0.986. The average Bonchev–Trinajstić information content (AvgIpc) is 2.15. The van der Waals surface area contributed by atoms with Gasteiger partial charge in [0, 0.05) is 0 Å². The Kier molecular flexibility index (Phi) is 1.57. The predicted molar refractivity (Wildman–Crippen MR) is 31.8 cm³/mol. The largest absolute Gasteiger partial charge is 0.393 e. The molecule has 1 aliphatic rings. The van der Waals surface area contributed by atoms with E-state index in [1.807, 2.05) is 0 Å². The lowest BCUT2D eigenvalue weighted by atomic mass is 10.0. The van der Waals surface area contributed by atoms with Gasteiger partial charge in [0.2, 0.25) is 0 Å². The van der Waals surface area contributed by atoms with Gasteiger partial charge in [0.25, 0.3) is 0 Å². The lowest BCUT2D eigenvalue weighted by Crippen LogP contribution is -2.41. The van der Waals surface area contributed by atoms with Crippen LogP contribution in [0.4, 0.5) is 0 Å². The van der Waals surface area contributed by atoms with E-state index in [4.69, 9.17) is 10.2 Å². The summed E-state index contributed by atoms with van der Waals surface area (Å²) in [7, 11) is 0. The molecule has 2 unspecified atom stereocenters. The lowest BCUT2D eigenvalue weighted by molar-refractivity contribution is -0.0753. The Morgan fingerprint density at radius 2 is 2.33 bits per heavy atom. The molecule has 0 heterocycles. The number of aliphatic hydroxyl groups is 3. The molecule has 0 aromatic heterocycles. The molecule has 3 nitrogen and oxygen atoms in total. The van der Waals surface area contributed by atoms with Crippen LogP contribution in [-0.2, 0) is 0 Å². The summed E-state index contributed by atoms with van der Waals surface area (Å²) in [5, 5.41) is 26.7. The maximum Gasteiger partial charge on any atom is 0.120 e. The van der Waals surface area contributed by atoms with Crippen molar-refractivity contribution in [1.29, 1.82) is 0 Å². The van der Waals surface area contributed by atoms with Gasteiger partial charge in [-0.05, 0) is 6.42 Å². The van der Waals surface area contributed by atoms with Crippen LogP contribution in [-0.4, -0.2) is 33.6 Å². The van der Waals surface area contributed by atoms with Crippen LogP contribution in [0.15, 0.2) is 12.2 Å². The zero-order chi connectivity index (χ0) is 6.91. The van der Waals surface area contributed by atoms with Crippen molar-refractivity contribution in [2.75, 3.05) is 6.61 Å². The minimum absolute atomic E-state index is 0.338. The Morgan fingerprint density at radius 1 is 1.67 bits per heavy atom. The van der Waals surface area contributed by atoms with E-state index in [1.165, 1.54) is 6.08 Å². The van der Waals surface area contributed by atoms with Crippen molar-refractivity contribution < 1.29 is 15.3 Å². The number of aliphatic hydroxyl groups excluding tert-OH is 2. The molecular formula is C6H10O3. The second kappa shape index (κ2) is 2.10. The van der Waals surface area contributed by atoms with Crippen LogP contribution >= 0.6 is 0 Å². The Hall–Kier alpha value is -0.380. The van der Waals surface area contributed by atoms with Gasteiger partial charge in [-0.15, -0.1) is 0 Å². The summed E-state index contributed by atoms with van der Waals surface area (Å²) in [5.41, 5.74) is -1.31. The monoisotopic (exact) mass is 130 g/mol. The first kappa shape index (κ1) is 6.74. The highest BCUT2D eigenvalue weighted by Crippen LogP contribution is 2.22. The molecule has 0 amide bonds. The van der Waals surface area contributed by atoms with Gasteiger partial charge >= 0.3 is 0 Å². The van der Waals surface area contributed by atoms with E-state index in [9.17, 15) is 5.11 Å². The molecule has 3 heteroatoms. The summed E-state index contributed by atoms with van der Waals surface area (Å²) < 4.78 is 0. The minimum Gasteiger partial charge on any atom is -0.393 e. The molecule has 0 saturated heterocycles. The average molecular weight is 130 g/mol. The Morgan fingerprint density at radius 3 is 2.56 bits per heavy atom. The molecule has 9 heavy (non-hydrogen) atoms. The van der Waals surface area contributed by atoms with Crippen molar-refractivity contribution in [2.24, 2.45) is 0 Å². The van der Waals surface area contributed by atoms with Crippen molar-refractivity contribution in [3.05, 3.63) is 12.2 Å². The van der Waals surface area contributed by atoms with Crippen LogP contribution in [0.1, 0.15) is 6.42 Å². The fourth-order valence-electron chi connectivity index (χ4n) is 0.859. The quantitative estimate of drug-likeness (QED) is 0.400. The predicted octanol–water partition coefficient (Wildman–Crippen LogP) is -0.969. The van der Waals surface area contributed by atoms with Gasteiger partial charge < -0.3 is 15.3 Å².